The minimum Gasteiger partial charge on any atom is -0.200 e. The number of benzene rings is 2. The van der Waals surface area contributed by atoms with E-state index < -0.39 is 21.8 Å². The van der Waals surface area contributed by atoms with Crippen LogP contribution >= 0.6 is 0 Å². The van der Waals surface area contributed by atoms with Gasteiger partial charge in [0.25, 0.3) is 10.0 Å². The predicted octanol–water partition coefficient (Wildman–Crippen LogP) is 3.63. The van der Waals surface area contributed by atoms with E-state index in [1.54, 1.807) is 26.0 Å². The van der Waals surface area contributed by atoms with Crippen LogP contribution in [0.25, 0.3) is 0 Å². The first kappa shape index (κ1) is 18.0. The molecule has 0 atom stereocenters. The molecule has 0 aromatic heterocycles. The van der Waals surface area contributed by atoms with Crippen LogP contribution < -0.4 is 4.83 Å². The Labute approximate surface area is 138 Å². The smallest absolute Gasteiger partial charge is 0.200 e. The SMILES string of the molecule is Cc1ccc(C)c(S(=O)(=O)N/N=C\c2ccccc2C(F)(F)F)c1. The Morgan fingerprint density at radius 3 is 2.42 bits per heavy atom. The van der Waals surface area contributed by atoms with Gasteiger partial charge >= 0.3 is 6.18 Å². The second-order valence-electron chi connectivity index (χ2n) is 5.21. The zero-order valence-electron chi connectivity index (χ0n) is 12.9. The third-order valence-electron chi connectivity index (χ3n) is 3.28. The van der Waals surface area contributed by atoms with E-state index in [1.165, 1.54) is 24.3 Å². The van der Waals surface area contributed by atoms with Crippen molar-refractivity contribution in [1.29, 1.82) is 0 Å². The molecule has 0 aliphatic carbocycles. The quantitative estimate of drug-likeness (QED) is 0.672. The summed E-state index contributed by atoms with van der Waals surface area (Å²) in [7, 11) is -3.96. The maximum atomic E-state index is 12.9. The Hall–Kier alpha value is -2.35. The van der Waals surface area contributed by atoms with Gasteiger partial charge in [-0.2, -0.15) is 26.7 Å². The van der Waals surface area contributed by atoms with Gasteiger partial charge in [-0.15, -0.1) is 0 Å². The molecule has 8 heteroatoms. The van der Waals surface area contributed by atoms with Crippen LogP contribution in [0.15, 0.2) is 52.5 Å². The topological polar surface area (TPSA) is 58.5 Å². The van der Waals surface area contributed by atoms with Gasteiger partial charge in [0.1, 0.15) is 0 Å². The first-order valence-electron chi connectivity index (χ1n) is 6.89. The summed E-state index contributed by atoms with van der Waals surface area (Å²) in [6.45, 7) is 3.36. The summed E-state index contributed by atoms with van der Waals surface area (Å²) in [5.41, 5.74) is 0.139. The maximum Gasteiger partial charge on any atom is 0.417 e. The number of alkyl halides is 3. The third kappa shape index (κ3) is 4.14. The number of nitrogens with one attached hydrogen (secondary N) is 1. The van der Waals surface area contributed by atoms with Gasteiger partial charge in [0.05, 0.1) is 16.7 Å². The van der Waals surface area contributed by atoms with Gasteiger partial charge in [0.2, 0.25) is 0 Å². The molecule has 0 saturated heterocycles. The number of rotatable bonds is 4. The zero-order chi connectivity index (χ0) is 18.0. The number of halogens is 3. The monoisotopic (exact) mass is 356 g/mol. The van der Waals surface area contributed by atoms with Crippen LogP contribution in [0.5, 0.6) is 0 Å². The summed E-state index contributed by atoms with van der Waals surface area (Å²) < 4.78 is 63.1. The van der Waals surface area contributed by atoms with Gasteiger partial charge in [-0.3, -0.25) is 0 Å². The highest BCUT2D eigenvalue weighted by Crippen LogP contribution is 2.31. The van der Waals surface area contributed by atoms with Crippen molar-refractivity contribution in [2.75, 3.05) is 0 Å². The van der Waals surface area contributed by atoms with Crippen molar-refractivity contribution in [2.24, 2.45) is 5.10 Å². The fourth-order valence-electron chi connectivity index (χ4n) is 2.08. The molecule has 2 aromatic carbocycles. The van der Waals surface area contributed by atoms with E-state index in [-0.39, 0.29) is 10.5 Å². The lowest BCUT2D eigenvalue weighted by atomic mass is 10.1. The predicted molar refractivity (Wildman–Crippen MR) is 85.3 cm³/mol. The van der Waals surface area contributed by atoms with Crippen molar-refractivity contribution in [3.05, 3.63) is 64.7 Å². The second kappa shape index (κ2) is 6.64. The fraction of sp³-hybridized carbons (Fsp3) is 0.188. The Morgan fingerprint density at radius 1 is 1.08 bits per heavy atom. The molecule has 0 amide bonds. The summed E-state index contributed by atoms with van der Waals surface area (Å²) >= 11 is 0. The molecule has 0 radical (unpaired) electrons. The molecule has 0 unspecified atom stereocenters. The number of aryl methyl sites for hydroxylation is 2. The molecule has 2 rings (SSSR count). The maximum absolute atomic E-state index is 12.9. The summed E-state index contributed by atoms with van der Waals surface area (Å²) in [5, 5.41) is 3.47. The van der Waals surface area contributed by atoms with E-state index >= 15 is 0 Å². The number of hydrogen-bond acceptors (Lipinski definition) is 3. The second-order valence-corrected chi connectivity index (χ2v) is 6.84. The molecule has 0 aliphatic heterocycles. The van der Waals surface area contributed by atoms with Crippen LogP contribution in [0.2, 0.25) is 0 Å². The van der Waals surface area contributed by atoms with Crippen LogP contribution in [-0.4, -0.2) is 14.6 Å². The van der Waals surface area contributed by atoms with Crippen LogP contribution in [0.4, 0.5) is 13.2 Å². The van der Waals surface area contributed by atoms with E-state index in [0.717, 1.165) is 17.8 Å². The van der Waals surface area contributed by atoms with Gasteiger partial charge in [-0.05, 0) is 37.1 Å². The molecule has 0 heterocycles. The molecule has 0 fully saturated rings. The lowest BCUT2D eigenvalue weighted by molar-refractivity contribution is -0.137. The lowest BCUT2D eigenvalue weighted by Crippen LogP contribution is -2.20. The summed E-state index contributed by atoms with van der Waals surface area (Å²) in [6, 6.07) is 9.65. The minimum absolute atomic E-state index is 0.0313. The molecule has 128 valence electrons. The van der Waals surface area contributed by atoms with Crippen LogP contribution in [-0.2, 0) is 16.2 Å². The largest absolute Gasteiger partial charge is 0.417 e. The fourth-order valence-corrected chi connectivity index (χ4v) is 3.20. The standard InChI is InChI=1S/C16H15F3N2O2S/c1-11-7-8-12(2)15(9-11)24(22,23)21-20-10-13-5-3-4-6-14(13)16(17,18)19/h3-10,21H,1-2H3/b20-10-. The highest BCUT2D eigenvalue weighted by molar-refractivity contribution is 7.89. The van der Waals surface area contributed by atoms with E-state index in [0.29, 0.717) is 5.56 Å². The van der Waals surface area contributed by atoms with E-state index in [9.17, 15) is 21.6 Å². The van der Waals surface area contributed by atoms with Crippen molar-refractivity contribution in [3.63, 3.8) is 0 Å². The molecule has 2 aromatic rings. The number of nitrogens with zero attached hydrogens (tertiary/aromatic N) is 1. The van der Waals surface area contributed by atoms with Gasteiger partial charge in [-0.1, -0.05) is 30.3 Å². The minimum atomic E-state index is -4.55. The van der Waals surface area contributed by atoms with Crippen LogP contribution in [0.1, 0.15) is 22.3 Å². The molecule has 0 aliphatic rings. The number of hydrazone groups is 1. The van der Waals surface area contributed by atoms with Crippen LogP contribution in [0, 0.1) is 13.8 Å². The molecule has 0 spiro atoms. The van der Waals surface area contributed by atoms with Crippen molar-refractivity contribution in [2.45, 2.75) is 24.9 Å². The molecule has 4 nitrogen and oxygen atoms in total. The van der Waals surface area contributed by atoms with E-state index in [2.05, 4.69) is 5.10 Å². The molecule has 0 bridgehead atoms. The summed E-state index contributed by atoms with van der Waals surface area (Å²) in [5.74, 6) is 0. The molecular weight excluding hydrogens is 341 g/mol. The Kier molecular flexibility index (Phi) is 4.98. The van der Waals surface area contributed by atoms with Gasteiger partial charge in [-0.25, -0.2) is 4.83 Å². The van der Waals surface area contributed by atoms with Crippen molar-refractivity contribution in [3.8, 4) is 0 Å². The van der Waals surface area contributed by atoms with Crippen molar-refractivity contribution < 1.29 is 21.6 Å². The zero-order valence-corrected chi connectivity index (χ0v) is 13.7. The number of hydrogen-bond donors (Lipinski definition) is 1. The van der Waals surface area contributed by atoms with Crippen molar-refractivity contribution >= 4 is 16.2 Å². The van der Waals surface area contributed by atoms with E-state index in [1.807, 2.05) is 4.83 Å². The Balaban J connectivity index is 2.28. The molecule has 0 saturated carbocycles. The molecule has 1 N–H and O–H groups in total. The summed E-state index contributed by atoms with van der Waals surface area (Å²) in [4.78, 5) is 1.98. The average molecular weight is 356 g/mol. The Morgan fingerprint density at radius 2 is 1.75 bits per heavy atom. The first-order valence-corrected chi connectivity index (χ1v) is 8.38. The summed E-state index contributed by atoms with van der Waals surface area (Å²) in [6.07, 6.45) is -3.71. The van der Waals surface area contributed by atoms with Crippen molar-refractivity contribution in [1.82, 2.24) is 4.83 Å². The average Bonchev–Trinajstić information content (AvgIpc) is 2.49. The Bertz CT molecular complexity index is 875. The van der Waals surface area contributed by atoms with Crippen LogP contribution in [0.3, 0.4) is 0 Å². The third-order valence-corrected chi connectivity index (χ3v) is 4.64. The highest BCUT2D eigenvalue weighted by Gasteiger charge is 2.32. The lowest BCUT2D eigenvalue weighted by Gasteiger charge is -2.10. The molecule has 24 heavy (non-hydrogen) atoms. The highest BCUT2D eigenvalue weighted by atomic mass is 32.2. The van der Waals surface area contributed by atoms with Gasteiger partial charge < -0.3 is 0 Å². The van der Waals surface area contributed by atoms with Gasteiger partial charge in [0.15, 0.2) is 0 Å². The molecular formula is C16H15F3N2O2S. The van der Waals surface area contributed by atoms with Gasteiger partial charge in [0, 0.05) is 5.56 Å². The normalized spacial score (nSPS) is 12.5. The number of sulfonamides is 1. The first-order chi connectivity index (χ1) is 11.1. The van der Waals surface area contributed by atoms with E-state index in [4.69, 9.17) is 0 Å².